The Hall–Kier alpha value is -0.570. The van der Waals surface area contributed by atoms with Crippen LogP contribution in [0.15, 0.2) is 0 Å². The quantitative estimate of drug-likeness (QED) is 0.666. The second-order valence-corrected chi connectivity index (χ2v) is 5.23. The highest BCUT2D eigenvalue weighted by atomic mass is 16.2. The average Bonchev–Trinajstić information content (AvgIpc) is 2.01. The Morgan fingerprint density at radius 2 is 2.07 bits per heavy atom. The van der Waals surface area contributed by atoms with E-state index in [1.807, 2.05) is 20.8 Å². The number of carbonyl (C=O) groups is 1. The van der Waals surface area contributed by atoms with Gasteiger partial charge in [0.2, 0.25) is 5.91 Å². The van der Waals surface area contributed by atoms with Crippen LogP contribution in [0.1, 0.15) is 40.5 Å². The Labute approximate surface area is 86.6 Å². The molecule has 1 aliphatic rings. The minimum Gasteiger partial charge on any atom is -0.351 e. The van der Waals surface area contributed by atoms with Gasteiger partial charge in [0.05, 0.1) is 5.92 Å². The number of hydrogen-bond acceptors (Lipinski definition) is 2. The fourth-order valence-electron chi connectivity index (χ4n) is 1.86. The number of hydrogen-bond donors (Lipinski definition) is 2. The third-order valence-electron chi connectivity index (χ3n) is 2.60. The van der Waals surface area contributed by atoms with Crippen LogP contribution in [0.3, 0.4) is 0 Å². The van der Waals surface area contributed by atoms with Crippen molar-refractivity contribution < 1.29 is 4.79 Å². The molecule has 1 amide bonds. The van der Waals surface area contributed by atoms with E-state index in [0.29, 0.717) is 6.04 Å². The van der Waals surface area contributed by atoms with Gasteiger partial charge < -0.3 is 10.6 Å². The van der Waals surface area contributed by atoms with Crippen molar-refractivity contribution in [2.45, 2.75) is 52.1 Å². The summed E-state index contributed by atoms with van der Waals surface area (Å²) >= 11 is 0. The van der Waals surface area contributed by atoms with E-state index in [-0.39, 0.29) is 17.4 Å². The largest absolute Gasteiger partial charge is 0.351 e. The predicted molar refractivity (Wildman–Crippen MR) is 58.1 cm³/mol. The molecule has 2 atom stereocenters. The minimum atomic E-state index is -0.117. The van der Waals surface area contributed by atoms with Crippen LogP contribution in [-0.2, 0) is 4.79 Å². The zero-order valence-corrected chi connectivity index (χ0v) is 9.68. The van der Waals surface area contributed by atoms with Crippen molar-refractivity contribution in [1.29, 1.82) is 0 Å². The molecule has 2 unspecified atom stereocenters. The fraction of sp³-hybridized carbons (Fsp3) is 0.909. The molecule has 3 heteroatoms. The molecule has 0 spiro atoms. The van der Waals surface area contributed by atoms with Crippen LogP contribution in [0, 0.1) is 5.92 Å². The third kappa shape index (κ3) is 3.29. The second-order valence-electron chi connectivity index (χ2n) is 5.23. The van der Waals surface area contributed by atoms with E-state index in [1.54, 1.807) is 0 Å². The highest BCUT2D eigenvalue weighted by molar-refractivity contribution is 5.80. The highest BCUT2D eigenvalue weighted by Crippen LogP contribution is 2.17. The zero-order valence-electron chi connectivity index (χ0n) is 9.68. The van der Waals surface area contributed by atoms with Gasteiger partial charge in [-0.05, 0) is 47.1 Å². The van der Waals surface area contributed by atoms with E-state index in [2.05, 4.69) is 17.6 Å². The van der Waals surface area contributed by atoms with Crippen LogP contribution in [0.25, 0.3) is 0 Å². The Morgan fingerprint density at radius 1 is 1.43 bits per heavy atom. The molecule has 1 rings (SSSR count). The van der Waals surface area contributed by atoms with Crippen LogP contribution in [0.2, 0.25) is 0 Å². The smallest absolute Gasteiger partial charge is 0.225 e. The van der Waals surface area contributed by atoms with Crippen molar-refractivity contribution in [3.8, 4) is 0 Å². The van der Waals surface area contributed by atoms with Crippen molar-refractivity contribution in [3.05, 3.63) is 0 Å². The van der Waals surface area contributed by atoms with Gasteiger partial charge in [0.1, 0.15) is 0 Å². The summed E-state index contributed by atoms with van der Waals surface area (Å²) in [4.78, 5) is 11.9. The Bertz CT molecular complexity index is 208. The molecule has 1 aliphatic heterocycles. The summed E-state index contributed by atoms with van der Waals surface area (Å²) in [5.41, 5.74) is -0.117. The summed E-state index contributed by atoms with van der Waals surface area (Å²) in [6.07, 6.45) is 2.11. The van der Waals surface area contributed by atoms with E-state index >= 15 is 0 Å². The summed E-state index contributed by atoms with van der Waals surface area (Å²) < 4.78 is 0. The van der Waals surface area contributed by atoms with E-state index < -0.39 is 0 Å². The first-order valence-electron chi connectivity index (χ1n) is 5.45. The van der Waals surface area contributed by atoms with Crippen LogP contribution in [-0.4, -0.2) is 24.0 Å². The van der Waals surface area contributed by atoms with Crippen LogP contribution in [0.4, 0.5) is 0 Å². The van der Waals surface area contributed by atoms with Gasteiger partial charge >= 0.3 is 0 Å². The standard InChI is InChI=1S/C11H22N2O/c1-8-9(6-5-7-12-8)10(14)13-11(2,3)4/h8-9,12H,5-7H2,1-4H3,(H,13,14). The van der Waals surface area contributed by atoms with Crippen molar-refractivity contribution in [2.24, 2.45) is 5.92 Å². The van der Waals surface area contributed by atoms with E-state index in [4.69, 9.17) is 0 Å². The summed E-state index contributed by atoms with van der Waals surface area (Å²) in [7, 11) is 0. The summed E-state index contributed by atoms with van der Waals surface area (Å²) in [6, 6.07) is 0.311. The summed E-state index contributed by atoms with van der Waals surface area (Å²) in [5.74, 6) is 0.333. The van der Waals surface area contributed by atoms with Crippen molar-refractivity contribution >= 4 is 5.91 Å². The Morgan fingerprint density at radius 3 is 2.57 bits per heavy atom. The van der Waals surface area contributed by atoms with Crippen molar-refractivity contribution in [2.75, 3.05) is 6.54 Å². The lowest BCUT2D eigenvalue weighted by molar-refractivity contribution is -0.128. The van der Waals surface area contributed by atoms with E-state index in [9.17, 15) is 4.79 Å². The van der Waals surface area contributed by atoms with Crippen LogP contribution in [0.5, 0.6) is 0 Å². The molecule has 82 valence electrons. The topological polar surface area (TPSA) is 41.1 Å². The molecule has 1 heterocycles. The van der Waals surface area contributed by atoms with E-state index in [0.717, 1.165) is 19.4 Å². The number of rotatable bonds is 1. The molecule has 0 radical (unpaired) electrons. The molecule has 14 heavy (non-hydrogen) atoms. The average molecular weight is 198 g/mol. The van der Waals surface area contributed by atoms with Crippen molar-refractivity contribution in [3.63, 3.8) is 0 Å². The highest BCUT2D eigenvalue weighted by Gasteiger charge is 2.29. The maximum absolute atomic E-state index is 11.9. The van der Waals surface area contributed by atoms with Crippen molar-refractivity contribution in [1.82, 2.24) is 10.6 Å². The minimum absolute atomic E-state index is 0.117. The lowest BCUT2D eigenvalue weighted by Crippen LogP contribution is -2.51. The normalized spacial score (nSPS) is 28.6. The van der Waals surface area contributed by atoms with Crippen LogP contribution < -0.4 is 10.6 Å². The Kier molecular flexibility index (Phi) is 3.53. The molecule has 0 aromatic rings. The lowest BCUT2D eigenvalue weighted by atomic mass is 9.90. The molecular weight excluding hydrogens is 176 g/mol. The van der Waals surface area contributed by atoms with Gasteiger partial charge in [-0.2, -0.15) is 0 Å². The maximum Gasteiger partial charge on any atom is 0.225 e. The monoisotopic (exact) mass is 198 g/mol. The molecule has 0 aromatic heterocycles. The molecular formula is C11H22N2O. The summed E-state index contributed by atoms with van der Waals surface area (Å²) in [5, 5.41) is 6.38. The predicted octanol–water partition coefficient (Wildman–Crippen LogP) is 1.29. The SMILES string of the molecule is CC1NCCCC1C(=O)NC(C)(C)C. The fourth-order valence-corrected chi connectivity index (χ4v) is 1.86. The molecule has 0 saturated carbocycles. The first kappa shape index (κ1) is 11.5. The molecule has 0 aromatic carbocycles. The molecule has 1 saturated heterocycles. The van der Waals surface area contributed by atoms with Gasteiger partial charge in [-0.15, -0.1) is 0 Å². The summed E-state index contributed by atoms with van der Waals surface area (Å²) in [6.45, 7) is 9.19. The third-order valence-corrected chi connectivity index (χ3v) is 2.60. The number of piperidine rings is 1. The molecule has 0 bridgehead atoms. The van der Waals surface area contributed by atoms with Gasteiger partial charge in [-0.25, -0.2) is 0 Å². The maximum atomic E-state index is 11.9. The van der Waals surface area contributed by atoms with Gasteiger partial charge in [0, 0.05) is 11.6 Å². The van der Waals surface area contributed by atoms with Gasteiger partial charge in [0.15, 0.2) is 0 Å². The molecule has 0 aliphatic carbocycles. The Balaban J connectivity index is 2.50. The number of amides is 1. The molecule has 2 N–H and O–H groups in total. The van der Waals surface area contributed by atoms with Crippen LogP contribution >= 0.6 is 0 Å². The first-order chi connectivity index (χ1) is 6.40. The van der Waals surface area contributed by atoms with Gasteiger partial charge in [0.25, 0.3) is 0 Å². The zero-order chi connectivity index (χ0) is 10.8. The molecule has 3 nitrogen and oxygen atoms in total. The van der Waals surface area contributed by atoms with E-state index in [1.165, 1.54) is 0 Å². The number of nitrogens with one attached hydrogen (secondary N) is 2. The van der Waals surface area contributed by atoms with Gasteiger partial charge in [-0.3, -0.25) is 4.79 Å². The second kappa shape index (κ2) is 4.30. The molecule has 1 fully saturated rings. The number of carbonyl (C=O) groups excluding carboxylic acids is 1. The van der Waals surface area contributed by atoms with Gasteiger partial charge in [-0.1, -0.05) is 0 Å². The lowest BCUT2D eigenvalue weighted by Gasteiger charge is -2.31. The first-order valence-corrected chi connectivity index (χ1v) is 5.45.